The summed E-state index contributed by atoms with van der Waals surface area (Å²) in [7, 11) is -3.47. The van der Waals surface area contributed by atoms with Crippen molar-refractivity contribution in [1.82, 2.24) is 14.9 Å². The summed E-state index contributed by atoms with van der Waals surface area (Å²) in [4.78, 5) is 0.286. The van der Waals surface area contributed by atoms with Gasteiger partial charge >= 0.3 is 0 Å². The van der Waals surface area contributed by atoms with Gasteiger partial charge < -0.3 is 0 Å². The third-order valence-electron chi connectivity index (χ3n) is 2.81. The predicted molar refractivity (Wildman–Crippen MR) is 68.5 cm³/mol. The lowest BCUT2D eigenvalue weighted by Gasteiger charge is -2.07. The summed E-state index contributed by atoms with van der Waals surface area (Å²) in [6.45, 7) is 4.07. The van der Waals surface area contributed by atoms with Crippen molar-refractivity contribution >= 4 is 10.0 Å². The number of hydrogen-bond donors (Lipinski definition) is 2. The molecule has 0 atom stereocenters. The van der Waals surface area contributed by atoms with E-state index in [9.17, 15) is 8.42 Å². The number of nitrogens with zero attached hydrogens (tertiary/aromatic N) is 1. The van der Waals surface area contributed by atoms with Crippen molar-refractivity contribution in [3.63, 3.8) is 0 Å². The standard InChI is InChI=1S/C12H15N3O2S/c1-9-3-4-12(5-10(9)2)18(16,17)15-8-11-6-13-14-7-11/h3-7,15H,8H2,1-2H3,(H,13,14). The number of benzene rings is 1. The molecule has 0 spiro atoms. The molecule has 0 bridgehead atoms. The normalized spacial score (nSPS) is 11.7. The van der Waals surface area contributed by atoms with Crippen molar-refractivity contribution < 1.29 is 8.42 Å². The fourth-order valence-electron chi connectivity index (χ4n) is 1.52. The van der Waals surface area contributed by atoms with Crippen LogP contribution in [0.4, 0.5) is 0 Å². The predicted octanol–water partition coefficient (Wildman–Crippen LogP) is 1.51. The summed E-state index contributed by atoms with van der Waals surface area (Å²) in [5.41, 5.74) is 2.83. The molecule has 0 aliphatic carbocycles. The van der Waals surface area contributed by atoms with Crippen LogP contribution in [-0.2, 0) is 16.6 Å². The van der Waals surface area contributed by atoms with E-state index in [1.54, 1.807) is 24.5 Å². The van der Waals surface area contributed by atoms with E-state index in [0.29, 0.717) is 0 Å². The smallest absolute Gasteiger partial charge is 0.240 e. The molecular weight excluding hydrogens is 250 g/mol. The van der Waals surface area contributed by atoms with Gasteiger partial charge in [-0.25, -0.2) is 13.1 Å². The summed E-state index contributed by atoms with van der Waals surface area (Å²) < 4.78 is 26.6. The van der Waals surface area contributed by atoms with Gasteiger partial charge in [-0.3, -0.25) is 5.10 Å². The molecule has 1 aromatic heterocycles. The summed E-state index contributed by atoms with van der Waals surface area (Å²) in [5, 5.41) is 6.40. The second kappa shape index (κ2) is 4.91. The summed E-state index contributed by atoms with van der Waals surface area (Å²) in [6, 6.07) is 5.09. The van der Waals surface area contributed by atoms with Crippen molar-refractivity contribution in [2.24, 2.45) is 0 Å². The Hall–Kier alpha value is -1.66. The lowest BCUT2D eigenvalue weighted by atomic mass is 10.1. The van der Waals surface area contributed by atoms with Crippen LogP contribution in [0.25, 0.3) is 0 Å². The first-order chi connectivity index (χ1) is 8.49. The molecule has 2 rings (SSSR count). The number of H-pyrrole nitrogens is 1. The molecule has 0 saturated heterocycles. The minimum Gasteiger partial charge on any atom is -0.285 e. The Morgan fingerprint density at radius 1 is 1.28 bits per heavy atom. The number of hydrogen-bond acceptors (Lipinski definition) is 3. The molecule has 0 saturated carbocycles. The van der Waals surface area contributed by atoms with E-state index in [4.69, 9.17) is 0 Å². The van der Waals surface area contributed by atoms with E-state index < -0.39 is 10.0 Å². The molecule has 1 heterocycles. The van der Waals surface area contributed by atoms with Crippen LogP contribution < -0.4 is 4.72 Å². The maximum Gasteiger partial charge on any atom is 0.240 e. The molecule has 18 heavy (non-hydrogen) atoms. The zero-order valence-electron chi connectivity index (χ0n) is 10.3. The van der Waals surface area contributed by atoms with Crippen molar-refractivity contribution in [2.75, 3.05) is 0 Å². The van der Waals surface area contributed by atoms with Crippen LogP contribution in [-0.4, -0.2) is 18.6 Å². The Morgan fingerprint density at radius 2 is 2.06 bits per heavy atom. The van der Waals surface area contributed by atoms with Crippen molar-refractivity contribution in [2.45, 2.75) is 25.3 Å². The fraction of sp³-hybridized carbons (Fsp3) is 0.250. The van der Waals surface area contributed by atoms with Gasteiger partial charge in [0.2, 0.25) is 10.0 Å². The molecule has 0 unspecified atom stereocenters. The van der Waals surface area contributed by atoms with Crippen LogP contribution in [0.3, 0.4) is 0 Å². The van der Waals surface area contributed by atoms with Crippen LogP contribution in [0, 0.1) is 13.8 Å². The maximum atomic E-state index is 12.0. The number of aromatic amines is 1. The van der Waals surface area contributed by atoms with Crippen LogP contribution in [0.1, 0.15) is 16.7 Å². The maximum absolute atomic E-state index is 12.0. The highest BCUT2D eigenvalue weighted by Crippen LogP contribution is 2.14. The average Bonchev–Trinajstić information content (AvgIpc) is 2.83. The van der Waals surface area contributed by atoms with Crippen molar-refractivity contribution in [1.29, 1.82) is 0 Å². The van der Waals surface area contributed by atoms with E-state index in [1.165, 1.54) is 0 Å². The topological polar surface area (TPSA) is 74.8 Å². The molecule has 1 aromatic carbocycles. The molecule has 0 radical (unpaired) electrons. The number of aromatic nitrogens is 2. The first kappa shape index (κ1) is 12.8. The number of rotatable bonds is 4. The Morgan fingerprint density at radius 3 is 2.67 bits per heavy atom. The number of sulfonamides is 1. The van der Waals surface area contributed by atoms with Gasteiger partial charge in [0, 0.05) is 18.3 Å². The highest BCUT2D eigenvalue weighted by Gasteiger charge is 2.14. The summed E-state index contributed by atoms with van der Waals surface area (Å²) >= 11 is 0. The van der Waals surface area contributed by atoms with Crippen molar-refractivity contribution in [3.05, 3.63) is 47.3 Å². The Labute approximate surface area is 106 Å². The van der Waals surface area contributed by atoms with E-state index in [-0.39, 0.29) is 11.4 Å². The largest absolute Gasteiger partial charge is 0.285 e. The monoisotopic (exact) mass is 265 g/mol. The van der Waals surface area contributed by atoms with E-state index in [0.717, 1.165) is 16.7 Å². The molecule has 5 nitrogen and oxygen atoms in total. The molecule has 0 fully saturated rings. The third kappa shape index (κ3) is 2.77. The average molecular weight is 265 g/mol. The minimum absolute atomic E-state index is 0.228. The third-order valence-corrected chi connectivity index (χ3v) is 4.21. The Bertz CT molecular complexity index is 633. The molecule has 0 amide bonds. The second-order valence-electron chi connectivity index (χ2n) is 4.18. The minimum atomic E-state index is -3.47. The highest BCUT2D eigenvalue weighted by molar-refractivity contribution is 7.89. The van der Waals surface area contributed by atoms with E-state index in [1.807, 2.05) is 19.9 Å². The van der Waals surface area contributed by atoms with Gasteiger partial charge in [-0.05, 0) is 37.1 Å². The van der Waals surface area contributed by atoms with Gasteiger partial charge in [0.15, 0.2) is 0 Å². The van der Waals surface area contributed by atoms with E-state index in [2.05, 4.69) is 14.9 Å². The van der Waals surface area contributed by atoms with Gasteiger partial charge in [0.05, 0.1) is 11.1 Å². The number of nitrogens with one attached hydrogen (secondary N) is 2. The first-order valence-corrected chi connectivity index (χ1v) is 7.02. The zero-order valence-corrected chi connectivity index (χ0v) is 11.1. The summed E-state index contributed by atoms with van der Waals surface area (Å²) in [6.07, 6.45) is 3.24. The van der Waals surface area contributed by atoms with Crippen molar-refractivity contribution in [3.8, 4) is 0 Å². The van der Waals surface area contributed by atoms with Crippen LogP contribution in [0.2, 0.25) is 0 Å². The SMILES string of the molecule is Cc1ccc(S(=O)(=O)NCc2cn[nH]c2)cc1C. The zero-order chi connectivity index (χ0) is 13.2. The van der Waals surface area contributed by atoms with Gasteiger partial charge in [-0.2, -0.15) is 5.10 Å². The van der Waals surface area contributed by atoms with Crippen LogP contribution in [0.15, 0.2) is 35.5 Å². The number of aryl methyl sites for hydroxylation is 2. The first-order valence-electron chi connectivity index (χ1n) is 5.53. The second-order valence-corrected chi connectivity index (χ2v) is 5.94. The Kier molecular flexibility index (Phi) is 3.49. The molecule has 0 aliphatic rings. The lowest BCUT2D eigenvalue weighted by Crippen LogP contribution is -2.23. The Balaban J connectivity index is 2.17. The van der Waals surface area contributed by atoms with Gasteiger partial charge in [0.1, 0.15) is 0 Å². The van der Waals surface area contributed by atoms with Gasteiger partial charge in [-0.1, -0.05) is 6.07 Å². The lowest BCUT2D eigenvalue weighted by molar-refractivity contribution is 0.581. The van der Waals surface area contributed by atoms with Gasteiger partial charge in [-0.15, -0.1) is 0 Å². The fourth-order valence-corrected chi connectivity index (χ4v) is 2.62. The van der Waals surface area contributed by atoms with Gasteiger partial charge in [0.25, 0.3) is 0 Å². The van der Waals surface area contributed by atoms with E-state index >= 15 is 0 Å². The molecule has 6 heteroatoms. The molecule has 2 aromatic rings. The van der Waals surface area contributed by atoms with Crippen LogP contribution in [0.5, 0.6) is 0 Å². The molecule has 2 N–H and O–H groups in total. The molecule has 0 aliphatic heterocycles. The van der Waals surface area contributed by atoms with Crippen LogP contribution >= 0.6 is 0 Å². The quantitative estimate of drug-likeness (QED) is 0.879. The summed E-state index contributed by atoms with van der Waals surface area (Å²) in [5.74, 6) is 0. The highest BCUT2D eigenvalue weighted by atomic mass is 32.2. The molecule has 96 valence electrons. The molecular formula is C12H15N3O2S.